The molecule has 0 aromatic carbocycles. The number of ether oxygens (including phenoxy) is 1. The molecule has 4 saturated heterocycles. The zero-order valence-electron chi connectivity index (χ0n) is 15.7. The molecule has 4 aliphatic rings. The van der Waals surface area contributed by atoms with Crippen LogP contribution >= 0.6 is 0 Å². The Kier molecular flexibility index (Phi) is 4.75. The van der Waals surface area contributed by atoms with Gasteiger partial charge in [-0.2, -0.15) is 0 Å². The van der Waals surface area contributed by atoms with E-state index in [4.69, 9.17) is 4.74 Å². The number of quaternary nitrogens is 1. The van der Waals surface area contributed by atoms with E-state index < -0.39 is 5.60 Å². The molecular weight excluding hydrogens is 334 g/mol. The van der Waals surface area contributed by atoms with Crippen molar-refractivity contribution in [2.45, 2.75) is 44.9 Å². The standard InChI is InChI=1S/C18H29N5O3/c1-18(2,25)16-12-23(20-19-16)10-14-9-13-3-4-22(14)11-15(13)17(24)21-5-7-26-8-6-21/h12-15,25H,3-11H2,1-2H3/p+1/t13-,14-,15+/m1/s1. The quantitative estimate of drug-likeness (QED) is 0.691. The van der Waals surface area contributed by atoms with Gasteiger partial charge in [0, 0.05) is 25.9 Å². The van der Waals surface area contributed by atoms with E-state index in [1.54, 1.807) is 13.8 Å². The lowest BCUT2D eigenvalue weighted by Crippen LogP contribution is -3.20. The number of carbonyl (C=O) groups excluding carboxylic acids is 1. The lowest BCUT2D eigenvalue weighted by Gasteiger charge is -2.47. The number of nitrogens with zero attached hydrogens (tertiary/aromatic N) is 4. The highest BCUT2D eigenvalue weighted by atomic mass is 16.5. The molecule has 144 valence electrons. The predicted octanol–water partition coefficient (Wildman–Crippen LogP) is -1.34. The third-order valence-corrected chi connectivity index (χ3v) is 6.26. The van der Waals surface area contributed by atoms with Gasteiger partial charge < -0.3 is 19.6 Å². The van der Waals surface area contributed by atoms with E-state index in [-0.39, 0.29) is 5.92 Å². The van der Waals surface area contributed by atoms with Gasteiger partial charge in [-0.25, -0.2) is 4.68 Å². The Morgan fingerprint density at radius 3 is 2.81 bits per heavy atom. The molecule has 0 radical (unpaired) electrons. The highest BCUT2D eigenvalue weighted by molar-refractivity contribution is 5.79. The second kappa shape index (κ2) is 6.90. The highest BCUT2D eigenvalue weighted by Gasteiger charge is 2.47. The van der Waals surface area contributed by atoms with Crippen molar-refractivity contribution in [3.05, 3.63) is 11.9 Å². The topological polar surface area (TPSA) is 84.9 Å². The van der Waals surface area contributed by atoms with Crippen LogP contribution in [0.5, 0.6) is 0 Å². The van der Waals surface area contributed by atoms with Crippen molar-refractivity contribution in [1.29, 1.82) is 0 Å². The first-order chi connectivity index (χ1) is 12.4. The van der Waals surface area contributed by atoms with E-state index in [9.17, 15) is 9.90 Å². The van der Waals surface area contributed by atoms with Crippen LogP contribution in [0.1, 0.15) is 32.4 Å². The maximum absolute atomic E-state index is 12.9. The Morgan fingerprint density at radius 2 is 2.19 bits per heavy atom. The zero-order valence-corrected chi connectivity index (χ0v) is 15.7. The molecule has 4 aliphatic heterocycles. The Hall–Kier alpha value is -1.51. The van der Waals surface area contributed by atoms with Crippen LogP contribution < -0.4 is 4.90 Å². The van der Waals surface area contributed by atoms with E-state index in [1.807, 2.05) is 15.8 Å². The summed E-state index contributed by atoms with van der Waals surface area (Å²) in [4.78, 5) is 16.4. The van der Waals surface area contributed by atoms with Gasteiger partial charge in [-0.05, 0) is 19.8 Å². The van der Waals surface area contributed by atoms with Crippen LogP contribution in [0.4, 0.5) is 0 Å². The molecule has 1 aromatic heterocycles. The third-order valence-electron chi connectivity index (χ3n) is 6.26. The fourth-order valence-electron chi connectivity index (χ4n) is 4.71. The molecular formula is C18H30N5O3+. The normalized spacial score (nSPS) is 32.0. The van der Waals surface area contributed by atoms with Gasteiger partial charge in [0.1, 0.15) is 17.3 Å². The van der Waals surface area contributed by atoms with Crippen molar-refractivity contribution in [2.24, 2.45) is 11.8 Å². The number of piperidine rings is 3. The summed E-state index contributed by atoms with van der Waals surface area (Å²) in [5, 5.41) is 18.4. The molecule has 5 heterocycles. The van der Waals surface area contributed by atoms with Crippen LogP contribution in [0, 0.1) is 11.8 Å². The molecule has 4 fully saturated rings. The molecule has 0 aliphatic carbocycles. The molecule has 26 heavy (non-hydrogen) atoms. The van der Waals surface area contributed by atoms with Crippen molar-refractivity contribution in [3.8, 4) is 0 Å². The van der Waals surface area contributed by atoms with Crippen LogP contribution in [0.25, 0.3) is 0 Å². The van der Waals surface area contributed by atoms with Crippen molar-refractivity contribution in [2.75, 3.05) is 39.4 Å². The Bertz CT molecular complexity index is 649. The maximum atomic E-state index is 12.9. The SMILES string of the molecule is CC(C)(O)c1cn(C[C@H]2C[C@H]3CC[NH+]2C[C@@H]3C(=O)N2CCOCC2)nn1. The average Bonchev–Trinajstić information content (AvgIpc) is 3.11. The molecule has 1 aromatic rings. The molecule has 8 nitrogen and oxygen atoms in total. The summed E-state index contributed by atoms with van der Waals surface area (Å²) in [6, 6.07) is 0.471. The predicted molar refractivity (Wildman–Crippen MR) is 93.4 cm³/mol. The van der Waals surface area contributed by atoms with Crippen molar-refractivity contribution >= 4 is 5.91 Å². The summed E-state index contributed by atoms with van der Waals surface area (Å²) < 4.78 is 7.23. The van der Waals surface area contributed by atoms with Crippen LogP contribution in [0.15, 0.2) is 6.20 Å². The molecule has 2 bridgehead atoms. The second-order valence-electron chi connectivity index (χ2n) is 8.52. The van der Waals surface area contributed by atoms with Crippen molar-refractivity contribution in [1.82, 2.24) is 19.9 Å². The summed E-state index contributed by atoms with van der Waals surface area (Å²) in [6.45, 7) is 9.11. The number of carbonyl (C=O) groups is 1. The Balaban J connectivity index is 1.39. The van der Waals surface area contributed by atoms with Gasteiger partial charge in [-0.3, -0.25) is 4.79 Å². The minimum atomic E-state index is -0.966. The lowest BCUT2D eigenvalue weighted by molar-refractivity contribution is -0.945. The fraction of sp³-hybridized carbons (Fsp3) is 0.833. The van der Waals surface area contributed by atoms with E-state index >= 15 is 0 Å². The number of amides is 1. The smallest absolute Gasteiger partial charge is 0.231 e. The molecule has 1 unspecified atom stereocenters. The van der Waals surface area contributed by atoms with E-state index in [2.05, 4.69) is 10.3 Å². The number of fused-ring (bicyclic) bond motifs is 3. The van der Waals surface area contributed by atoms with E-state index in [0.29, 0.717) is 36.8 Å². The average molecular weight is 364 g/mol. The lowest BCUT2D eigenvalue weighted by atomic mass is 9.75. The molecule has 4 atom stereocenters. The first-order valence-corrected chi connectivity index (χ1v) is 9.76. The van der Waals surface area contributed by atoms with Gasteiger partial charge in [0.2, 0.25) is 5.91 Å². The van der Waals surface area contributed by atoms with Gasteiger partial charge in [0.25, 0.3) is 0 Å². The molecule has 1 amide bonds. The van der Waals surface area contributed by atoms with E-state index in [1.165, 1.54) is 4.90 Å². The van der Waals surface area contributed by atoms with Crippen LogP contribution in [0.3, 0.4) is 0 Å². The van der Waals surface area contributed by atoms with Crippen molar-refractivity contribution in [3.63, 3.8) is 0 Å². The number of nitrogens with one attached hydrogen (secondary N) is 1. The second-order valence-corrected chi connectivity index (χ2v) is 8.52. The fourth-order valence-corrected chi connectivity index (χ4v) is 4.71. The van der Waals surface area contributed by atoms with Gasteiger partial charge >= 0.3 is 0 Å². The Labute approximate surface area is 154 Å². The number of hydrogen-bond donors (Lipinski definition) is 2. The van der Waals surface area contributed by atoms with Crippen molar-refractivity contribution < 1.29 is 19.5 Å². The molecule has 0 saturated carbocycles. The van der Waals surface area contributed by atoms with Crippen LogP contribution in [0.2, 0.25) is 0 Å². The summed E-state index contributed by atoms with van der Waals surface area (Å²) in [5.41, 5.74) is -0.365. The van der Waals surface area contributed by atoms with Gasteiger partial charge in [-0.15, -0.1) is 5.10 Å². The number of aromatic nitrogens is 3. The van der Waals surface area contributed by atoms with E-state index in [0.717, 1.165) is 45.6 Å². The minimum Gasteiger partial charge on any atom is -0.384 e. The zero-order chi connectivity index (χ0) is 18.3. The number of morpholine rings is 1. The largest absolute Gasteiger partial charge is 0.384 e. The summed E-state index contributed by atoms with van der Waals surface area (Å²) >= 11 is 0. The minimum absolute atomic E-state index is 0.163. The maximum Gasteiger partial charge on any atom is 0.231 e. The molecule has 2 N–H and O–H groups in total. The summed E-state index contributed by atoms with van der Waals surface area (Å²) in [6.07, 6.45) is 4.05. The Morgan fingerprint density at radius 1 is 1.42 bits per heavy atom. The summed E-state index contributed by atoms with van der Waals surface area (Å²) in [7, 11) is 0. The first kappa shape index (κ1) is 17.9. The van der Waals surface area contributed by atoms with Crippen LogP contribution in [-0.2, 0) is 21.7 Å². The van der Waals surface area contributed by atoms with Gasteiger partial charge in [0.05, 0.1) is 45.0 Å². The third kappa shape index (κ3) is 3.50. The molecule has 8 heteroatoms. The highest BCUT2D eigenvalue weighted by Crippen LogP contribution is 2.29. The monoisotopic (exact) mass is 364 g/mol. The number of hydrogen-bond acceptors (Lipinski definition) is 5. The molecule has 5 rings (SSSR count). The van der Waals surface area contributed by atoms with Gasteiger partial charge in [-0.1, -0.05) is 5.21 Å². The number of aliphatic hydroxyl groups is 1. The molecule has 0 spiro atoms. The first-order valence-electron chi connectivity index (χ1n) is 9.76. The van der Waals surface area contributed by atoms with Gasteiger partial charge in [0.15, 0.2) is 0 Å². The summed E-state index contributed by atoms with van der Waals surface area (Å²) in [5.74, 6) is 0.972. The van der Waals surface area contributed by atoms with Crippen LogP contribution in [-0.4, -0.2) is 76.3 Å². The number of rotatable bonds is 4.